The topological polar surface area (TPSA) is 134 Å². The van der Waals surface area contributed by atoms with Crippen molar-refractivity contribution < 1.29 is 33.3 Å². The lowest BCUT2D eigenvalue weighted by Gasteiger charge is -2.18. The summed E-state index contributed by atoms with van der Waals surface area (Å²) in [5.74, 6) is 0.686. The molecule has 0 aliphatic carbocycles. The maximum atomic E-state index is 14.1. The number of fused-ring (bicyclic) bond motifs is 2. The summed E-state index contributed by atoms with van der Waals surface area (Å²) in [6.07, 6.45) is 1.97. The van der Waals surface area contributed by atoms with Crippen molar-refractivity contribution in [3.63, 3.8) is 0 Å². The molecule has 0 saturated carbocycles. The number of nitrogens with one attached hydrogen (secondary N) is 1. The Hall–Kier alpha value is -5.76. The van der Waals surface area contributed by atoms with Crippen molar-refractivity contribution in [3.8, 4) is 40.3 Å². The third kappa shape index (κ3) is 6.03. The molecule has 0 spiro atoms. The number of benzene rings is 3. The molecule has 0 aliphatic heterocycles. The fourth-order valence-electron chi connectivity index (χ4n) is 5.38. The van der Waals surface area contributed by atoms with Gasteiger partial charge in [-0.1, -0.05) is 18.2 Å². The van der Waals surface area contributed by atoms with Gasteiger partial charge in [-0.2, -0.15) is 5.26 Å². The number of esters is 1. The number of hydrogen-bond acceptors (Lipinski definition) is 9. The van der Waals surface area contributed by atoms with Crippen LogP contribution in [0, 0.1) is 11.3 Å². The van der Waals surface area contributed by atoms with Crippen molar-refractivity contribution in [2.24, 2.45) is 0 Å². The molecule has 0 aliphatic rings. The highest BCUT2D eigenvalue weighted by Gasteiger charge is 2.26. The molecule has 0 fully saturated rings. The number of amides is 1. The predicted octanol–water partition coefficient (Wildman–Crippen LogP) is 4.93. The smallest absolute Gasteiger partial charge is 0.328 e. The molecule has 5 aromatic rings. The van der Waals surface area contributed by atoms with Crippen LogP contribution in [-0.2, 0) is 22.5 Å². The first-order chi connectivity index (χ1) is 21.8. The van der Waals surface area contributed by atoms with E-state index in [2.05, 4.69) is 11.4 Å². The van der Waals surface area contributed by atoms with E-state index < -0.39 is 17.9 Å². The van der Waals surface area contributed by atoms with Gasteiger partial charge in [0.05, 0.1) is 58.4 Å². The van der Waals surface area contributed by atoms with Crippen molar-refractivity contribution in [2.45, 2.75) is 19.0 Å². The average Bonchev–Trinajstić information content (AvgIpc) is 3.42. The predicted molar refractivity (Wildman–Crippen MR) is 168 cm³/mol. The summed E-state index contributed by atoms with van der Waals surface area (Å²) in [7, 11) is 7.36. The largest absolute Gasteiger partial charge is 0.497 e. The van der Waals surface area contributed by atoms with Gasteiger partial charge in [-0.05, 0) is 48.0 Å². The van der Waals surface area contributed by atoms with Crippen molar-refractivity contribution in [1.29, 1.82) is 5.26 Å². The lowest BCUT2D eigenvalue weighted by molar-refractivity contribution is -0.142. The summed E-state index contributed by atoms with van der Waals surface area (Å²) in [5, 5.41) is 13.6. The zero-order valence-electron chi connectivity index (χ0n) is 25.5. The van der Waals surface area contributed by atoms with Gasteiger partial charge in [0.25, 0.3) is 5.91 Å². The van der Waals surface area contributed by atoms with Crippen LogP contribution in [0.3, 0.4) is 0 Å². The number of rotatable bonds is 11. The maximum absolute atomic E-state index is 14.1. The molecule has 1 N–H and O–H groups in total. The minimum Gasteiger partial charge on any atom is -0.497 e. The Bertz CT molecular complexity index is 1920. The number of nitriles is 1. The summed E-state index contributed by atoms with van der Waals surface area (Å²) in [6, 6.07) is 19.1. The monoisotopic (exact) mass is 608 g/mol. The number of carbonyl (C=O) groups excluding carboxylic acids is 2. The van der Waals surface area contributed by atoms with E-state index in [-0.39, 0.29) is 18.5 Å². The molecule has 0 bridgehead atoms. The molecule has 2 heterocycles. The second-order valence-electron chi connectivity index (χ2n) is 10.1. The molecule has 2 aromatic heterocycles. The average molecular weight is 609 g/mol. The highest BCUT2D eigenvalue weighted by Crippen LogP contribution is 2.41. The van der Waals surface area contributed by atoms with Gasteiger partial charge < -0.3 is 33.6 Å². The molecule has 0 radical (unpaired) electrons. The summed E-state index contributed by atoms with van der Waals surface area (Å²) < 4.78 is 28.9. The Morgan fingerprint density at radius 3 is 2.29 bits per heavy atom. The van der Waals surface area contributed by atoms with Gasteiger partial charge in [-0.3, -0.25) is 4.79 Å². The molecule has 1 atom stereocenters. The maximum Gasteiger partial charge on any atom is 0.328 e. The van der Waals surface area contributed by atoms with Crippen molar-refractivity contribution in [3.05, 3.63) is 78.0 Å². The van der Waals surface area contributed by atoms with E-state index in [0.29, 0.717) is 45.2 Å². The first-order valence-corrected chi connectivity index (χ1v) is 14.0. The standard InChI is InChI=1S/C34H32N4O7/c1-41-22-10-11-26-24(17-22)25(18-27(36-26)20-15-30(42-2)32(44-4)31(16-20)43-3)33(39)37-28(34(40)45-5)14-21-19-38(13-12-35)29-9-7-6-8-23(21)29/h6-11,15-19,28H,13-14H2,1-5H3,(H,37,39)/t28-/m1/s1. The van der Waals surface area contributed by atoms with Gasteiger partial charge >= 0.3 is 5.97 Å². The quantitative estimate of drug-likeness (QED) is 0.207. The third-order valence-corrected chi connectivity index (χ3v) is 7.55. The van der Waals surface area contributed by atoms with Gasteiger partial charge in [0.15, 0.2) is 11.5 Å². The van der Waals surface area contributed by atoms with Crippen molar-refractivity contribution >= 4 is 33.7 Å². The van der Waals surface area contributed by atoms with Gasteiger partial charge in [0, 0.05) is 34.5 Å². The minimum atomic E-state index is -1.03. The minimum absolute atomic E-state index is 0.142. The summed E-state index contributed by atoms with van der Waals surface area (Å²) in [6.45, 7) is 0.143. The molecule has 45 heavy (non-hydrogen) atoms. The van der Waals surface area contributed by atoms with Gasteiger partial charge in [-0.15, -0.1) is 0 Å². The molecule has 230 valence electrons. The molecule has 5 rings (SSSR count). The van der Waals surface area contributed by atoms with Crippen LogP contribution in [0.4, 0.5) is 0 Å². The van der Waals surface area contributed by atoms with Crippen LogP contribution in [0.5, 0.6) is 23.0 Å². The Kier molecular flexibility index (Phi) is 9.04. The molecular formula is C34H32N4O7. The highest BCUT2D eigenvalue weighted by atomic mass is 16.5. The van der Waals surface area contributed by atoms with Crippen LogP contribution in [-0.4, -0.2) is 63.0 Å². The highest BCUT2D eigenvalue weighted by molar-refractivity contribution is 6.08. The molecule has 3 aromatic carbocycles. The van der Waals surface area contributed by atoms with Crippen LogP contribution >= 0.6 is 0 Å². The summed E-state index contributed by atoms with van der Waals surface area (Å²) in [5.41, 5.74) is 3.52. The van der Waals surface area contributed by atoms with Crippen molar-refractivity contribution in [1.82, 2.24) is 14.9 Å². The first-order valence-electron chi connectivity index (χ1n) is 14.0. The van der Waals surface area contributed by atoms with Gasteiger partial charge in [0.1, 0.15) is 18.3 Å². The number of para-hydroxylation sites is 1. The van der Waals surface area contributed by atoms with Crippen LogP contribution < -0.4 is 24.3 Å². The van der Waals surface area contributed by atoms with Crippen LogP contribution in [0.25, 0.3) is 33.1 Å². The van der Waals surface area contributed by atoms with Crippen LogP contribution in [0.1, 0.15) is 15.9 Å². The number of pyridine rings is 1. The van der Waals surface area contributed by atoms with Crippen LogP contribution in [0.2, 0.25) is 0 Å². The SMILES string of the molecule is COC(=O)[C@@H](Cc1cn(CC#N)c2ccccc12)NC(=O)c1cc(-c2cc(OC)c(OC)c(OC)c2)nc2ccc(OC)cc12. The second kappa shape index (κ2) is 13.3. The molecular weight excluding hydrogens is 576 g/mol. The number of nitrogens with zero attached hydrogens (tertiary/aromatic N) is 3. The van der Waals surface area contributed by atoms with E-state index >= 15 is 0 Å². The molecule has 0 saturated heterocycles. The van der Waals surface area contributed by atoms with E-state index in [1.807, 2.05) is 35.0 Å². The zero-order chi connectivity index (χ0) is 32.1. The zero-order valence-corrected chi connectivity index (χ0v) is 25.5. The van der Waals surface area contributed by atoms with E-state index in [9.17, 15) is 14.9 Å². The Balaban J connectivity index is 1.59. The molecule has 0 unspecified atom stereocenters. The fraction of sp³-hybridized carbons (Fsp3) is 0.235. The Morgan fingerprint density at radius 1 is 0.911 bits per heavy atom. The van der Waals surface area contributed by atoms with Crippen LogP contribution in [0.15, 0.2) is 66.9 Å². The number of ether oxygens (including phenoxy) is 5. The summed E-state index contributed by atoms with van der Waals surface area (Å²) in [4.78, 5) is 31.9. The molecule has 11 nitrogen and oxygen atoms in total. The lowest BCUT2D eigenvalue weighted by atomic mass is 10.0. The first kappa shape index (κ1) is 30.7. The Labute approximate surface area is 259 Å². The van der Waals surface area contributed by atoms with E-state index in [1.165, 1.54) is 35.5 Å². The summed E-state index contributed by atoms with van der Waals surface area (Å²) >= 11 is 0. The van der Waals surface area contributed by atoms with Gasteiger partial charge in [-0.25, -0.2) is 9.78 Å². The number of methoxy groups -OCH3 is 5. The number of aromatic nitrogens is 2. The normalized spacial score (nSPS) is 11.5. The van der Waals surface area contributed by atoms with Crippen molar-refractivity contribution in [2.75, 3.05) is 35.5 Å². The van der Waals surface area contributed by atoms with E-state index in [1.54, 1.807) is 36.4 Å². The molecule has 11 heteroatoms. The third-order valence-electron chi connectivity index (χ3n) is 7.55. The lowest BCUT2D eigenvalue weighted by Crippen LogP contribution is -2.43. The van der Waals surface area contributed by atoms with E-state index in [0.717, 1.165) is 16.5 Å². The second-order valence-corrected chi connectivity index (χ2v) is 10.1. The fourth-order valence-corrected chi connectivity index (χ4v) is 5.38. The molecule has 1 amide bonds. The number of hydrogen-bond donors (Lipinski definition) is 1. The number of carbonyl (C=O) groups is 2. The Morgan fingerprint density at radius 2 is 1.64 bits per heavy atom. The van der Waals surface area contributed by atoms with E-state index in [4.69, 9.17) is 28.7 Å². The van der Waals surface area contributed by atoms with Gasteiger partial charge in [0.2, 0.25) is 5.75 Å².